The minimum atomic E-state index is -1.30. The Morgan fingerprint density at radius 3 is 2.42 bits per heavy atom. The number of nitrogens with one attached hydrogen (secondary N) is 1. The van der Waals surface area contributed by atoms with Gasteiger partial charge in [0, 0.05) is 12.1 Å². The first-order valence-corrected chi connectivity index (χ1v) is 7.12. The number of carbonyl (C=O) groups is 3. The molecule has 0 bridgehead atoms. The maximum Gasteiger partial charge on any atom is 0.330 e. The van der Waals surface area contributed by atoms with Crippen molar-refractivity contribution in [3.63, 3.8) is 0 Å². The molecular weight excluding hydrogens is 324 g/mol. The predicted octanol–water partition coefficient (Wildman–Crippen LogP) is 1.59. The molecule has 0 aromatic heterocycles. The molecule has 1 aromatic rings. The molecule has 1 aromatic carbocycles. The number of benzene rings is 1. The Kier molecular flexibility index (Phi) is 7.54. The van der Waals surface area contributed by atoms with Gasteiger partial charge in [0.25, 0.3) is 0 Å². The molecule has 0 unspecified atom stereocenters. The van der Waals surface area contributed by atoms with Crippen LogP contribution in [0.5, 0.6) is 0 Å². The van der Waals surface area contributed by atoms with Crippen molar-refractivity contribution in [2.24, 2.45) is 0 Å². The number of carbonyl (C=O) groups excluding carboxylic acids is 2. The molecule has 1 rings (SSSR count). The van der Waals surface area contributed by atoms with Gasteiger partial charge >= 0.3 is 11.9 Å². The van der Waals surface area contributed by atoms with Crippen molar-refractivity contribution < 1.29 is 33.0 Å². The lowest BCUT2D eigenvalue weighted by Crippen LogP contribution is -2.41. The van der Waals surface area contributed by atoms with Crippen LogP contribution in [0.15, 0.2) is 30.4 Å². The van der Waals surface area contributed by atoms with Crippen molar-refractivity contribution in [2.75, 3.05) is 6.61 Å². The van der Waals surface area contributed by atoms with E-state index in [1.165, 1.54) is 6.08 Å². The number of rotatable bonds is 8. The number of halogens is 2. The van der Waals surface area contributed by atoms with Gasteiger partial charge in [-0.05, 0) is 31.0 Å². The zero-order valence-electron chi connectivity index (χ0n) is 12.9. The van der Waals surface area contributed by atoms with E-state index < -0.39 is 35.5 Å². The molecule has 0 spiro atoms. The summed E-state index contributed by atoms with van der Waals surface area (Å²) in [4.78, 5) is 34.0. The minimum Gasteiger partial charge on any atom is -0.480 e. The van der Waals surface area contributed by atoms with Crippen molar-refractivity contribution in [1.29, 1.82) is 0 Å². The largest absolute Gasteiger partial charge is 0.480 e. The maximum absolute atomic E-state index is 13.1. The number of ether oxygens (including phenoxy) is 1. The Balaban J connectivity index is 2.62. The van der Waals surface area contributed by atoms with E-state index in [1.807, 2.05) is 0 Å². The van der Waals surface area contributed by atoms with Crippen LogP contribution in [-0.4, -0.2) is 35.6 Å². The minimum absolute atomic E-state index is 0.0798. The molecule has 1 amide bonds. The lowest BCUT2D eigenvalue weighted by molar-refractivity contribution is -0.141. The fourth-order valence-electron chi connectivity index (χ4n) is 1.86. The number of carboxylic acids is 1. The van der Waals surface area contributed by atoms with Crippen LogP contribution < -0.4 is 5.32 Å². The van der Waals surface area contributed by atoms with Crippen molar-refractivity contribution >= 4 is 17.8 Å². The third-order valence-electron chi connectivity index (χ3n) is 2.83. The third kappa shape index (κ3) is 6.99. The lowest BCUT2D eigenvalue weighted by Gasteiger charge is -2.12. The van der Waals surface area contributed by atoms with Crippen molar-refractivity contribution in [3.8, 4) is 0 Å². The fraction of sp³-hybridized carbons (Fsp3) is 0.312. The van der Waals surface area contributed by atoms with E-state index in [0.717, 1.165) is 18.2 Å². The van der Waals surface area contributed by atoms with Crippen LogP contribution in [0, 0.1) is 11.6 Å². The monoisotopic (exact) mass is 341 g/mol. The molecule has 0 aliphatic carbocycles. The zero-order chi connectivity index (χ0) is 18.1. The van der Waals surface area contributed by atoms with E-state index in [9.17, 15) is 23.2 Å². The standard InChI is InChI=1S/C16H17F2NO5/c1-2-24-15(21)5-3-4-13(16(22)23)19-14(20)8-10-6-11(17)9-12(18)7-10/h3,5-7,9,13H,2,4,8H2,1H3,(H,19,20)(H,22,23)/b5-3+/t13-/m0/s1. The van der Waals surface area contributed by atoms with E-state index in [0.29, 0.717) is 6.07 Å². The van der Waals surface area contributed by atoms with E-state index in [4.69, 9.17) is 5.11 Å². The van der Waals surface area contributed by atoms with Gasteiger partial charge in [-0.3, -0.25) is 4.79 Å². The van der Waals surface area contributed by atoms with Crippen LogP contribution in [0.1, 0.15) is 18.9 Å². The second-order valence-corrected chi connectivity index (χ2v) is 4.80. The summed E-state index contributed by atoms with van der Waals surface area (Å²) in [5.74, 6) is -4.29. The Morgan fingerprint density at radius 2 is 1.88 bits per heavy atom. The molecule has 0 saturated heterocycles. The first-order valence-electron chi connectivity index (χ1n) is 7.12. The first kappa shape index (κ1) is 19.3. The summed E-state index contributed by atoms with van der Waals surface area (Å²) in [5.41, 5.74) is 0.0798. The SMILES string of the molecule is CCOC(=O)/C=C/C[C@H](NC(=O)Cc1cc(F)cc(F)c1)C(=O)O. The Bertz CT molecular complexity index is 625. The van der Waals surface area contributed by atoms with E-state index >= 15 is 0 Å². The average molecular weight is 341 g/mol. The van der Waals surface area contributed by atoms with Crippen LogP contribution in [0.25, 0.3) is 0 Å². The van der Waals surface area contributed by atoms with Crippen LogP contribution in [0.3, 0.4) is 0 Å². The maximum atomic E-state index is 13.1. The van der Waals surface area contributed by atoms with Crippen LogP contribution in [0.2, 0.25) is 0 Å². The number of aliphatic carboxylic acids is 1. The molecule has 2 N–H and O–H groups in total. The second-order valence-electron chi connectivity index (χ2n) is 4.80. The molecule has 24 heavy (non-hydrogen) atoms. The summed E-state index contributed by atoms with van der Waals surface area (Å²) in [6.45, 7) is 1.81. The van der Waals surface area contributed by atoms with Gasteiger partial charge < -0.3 is 15.2 Å². The third-order valence-corrected chi connectivity index (χ3v) is 2.83. The van der Waals surface area contributed by atoms with Gasteiger partial charge in [-0.1, -0.05) is 6.08 Å². The zero-order valence-corrected chi connectivity index (χ0v) is 12.9. The van der Waals surface area contributed by atoms with Gasteiger partial charge in [0.2, 0.25) is 5.91 Å². The highest BCUT2D eigenvalue weighted by molar-refractivity contribution is 5.85. The average Bonchev–Trinajstić information content (AvgIpc) is 2.45. The van der Waals surface area contributed by atoms with Crippen molar-refractivity contribution in [1.82, 2.24) is 5.32 Å². The molecule has 0 saturated carbocycles. The molecule has 130 valence electrons. The van der Waals surface area contributed by atoms with Crippen LogP contribution in [0.4, 0.5) is 8.78 Å². The molecule has 0 fully saturated rings. The topological polar surface area (TPSA) is 92.7 Å². The molecule has 0 radical (unpaired) electrons. The summed E-state index contributed by atoms with van der Waals surface area (Å²) < 4.78 is 30.7. The summed E-state index contributed by atoms with van der Waals surface area (Å²) >= 11 is 0. The van der Waals surface area contributed by atoms with E-state index in [2.05, 4.69) is 10.1 Å². The van der Waals surface area contributed by atoms with Gasteiger partial charge in [-0.2, -0.15) is 0 Å². The predicted molar refractivity (Wildman–Crippen MR) is 80.0 cm³/mol. The molecule has 6 nitrogen and oxygen atoms in total. The van der Waals surface area contributed by atoms with Gasteiger partial charge in [0.1, 0.15) is 17.7 Å². The quantitative estimate of drug-likeness (QED) is 0.553. The Hall–Kier alpha value is -2.77. The van der Waals surface area contributed by atoms with Crippen LogP contribution in [-0.2, 0) is 25.5 Å². The highest BCUT2D eigenvalue weighted by Crippen LogP contribution is 2.09. The van der Waals surface area contributed by atoms with Crippen molar-refractivity contribution in [3.05, 3.63) is 47.5 Å². The second kappa shape index (κ2) is 9.39. The Morgan fingerprint density at radius 1 is 1.25 bits per heavy atom. The number of carboxylic acid groups (broad SMARTS) is 1. The summed E-state index contributed by atoms with van der Waals surface area (Å²) in [5, 5.41) is 11.3. The van der Waals surface area contributed by atoms with Crippen LogP contribution >= 0.6 is 0 Å². The highest BCUT2D eigenvalue weighted by atomic mass is 19.1. The summed E-state index contributed by atoms with van der Waals surface area (Å²) in [6.07, 6.45) is 1.81. The number of amides is 1. The van der Waals surface area contributed by atoms with Gasteiger partial charge in [-0.15, -0.1) is 0 Å². The van der Waals surface area contributed by atoms with E-state index in [-0.39, 0.29) is 25.0 Å². The number of esters is 1. The van der Waals surface area contributed by atoms with E-state index in [1.54, 1.807) is 6.92 Å². The molecule has 0 aliphatic heterocycles. The highest BCUT2D eigenvalue weighted by Gasteiger charge is 2.19. The molecule has 1 atom stereocenters. The van der Waals surface area contributed by atoms with Crippen molar-refractivity contribution in [2.45, 2.75) is 25.8 Å². The number of hydrogen-bond donors (Lipinski definition) is 2. The fourth-order valence-corrected chi connectivity index (χ4v) is 1.86. The molecule has 8 heteroatoms. The van der Waals surface area contributed by atoms with Gasteiger partial charge in [0.15, 0.2) is 0 Å². The Labute approximate surface area is 137 Å². The molecular formula is C16H17F2NO5. The lowest BCUT2D eigenvalue weighted by atomic mass is 10.1. The smallest absolute Gasteiger partial charge is 0.330 e. The molecule has 0 heterocycles. The molecule has 0 aliphatic rings. The van der Waals surface area contributed by atoms with Gasteiger partial charge in [-0.25, -0.2) is 18.4 Å². The normalized spacial score (nSPS) is 12.0. The number of hydrogen-bond acceptors (Lipinski definition) is 4. The van der Waals surface area contributed by atoms with Gasteiger partial charge in [0.05, 0.1) is 13.0 Å². The summed E-state index contributed by atoms with van der Waals surface area (Å²) in [6, 6.07) is 1.36. The first-order chi connectivity index (χ1) is 11.3. The summed E-state index contributed by atoms with van der Waals surface area (Å²) in [7, 11) is 0.